The molecule has 0 radical (unpaired) electrons. The van der Waals surface area contributed by atoms with Crippen molar-refractivity contribution < 1.29 is 4.79 Å². The summed E-state index contributed by atoms with van der Waals surface area (Å²) in [7, 11) is 0. The lowest BCUT2D eigenvalue weighted by atomic mass is 10.1. The third kappa shape index (κ3) is 3.95. The van der Waals surface area contributed by atoms with E-state index in [0.717, 1.165) is 11.1 Å². The molecular weight excluding hydrogens is 279 g/mol. The van der Waals surface area contributed by atoms with Gasteiger partial charge in [0.05, 0.1) is 10.0 Å². The van der Waals surface area contributed by atoms with Crippen LogP contribution in [0.2, 0.25) is 10.0 Å². The Bertz CT molecular complexity index is 603. The molecule has 0 amide bonds. The summed E-state index contributed by atoms with van der Waals surface area (Å²) in [5, 5.41) is 0.921. The van der Waals surface area contributed by atoms with Crippen molar-refractivity contribution >= 4 is 35.1 Å². The van der Waals surface area contributed by atoms with Crippen LogP contribution in [-0.4, -0.2) is 5.78 Å². The predicted octanol–water partition coefficient (Wildman–Crippen LogP) is 4.82. The van der Waals surface area contributed by atoms with Gasteiger partial charge in [0.15, 0.2) is 5.78 Å². The van der Waals surface area contributed by atoms with E-state index in [1.807, 2.05) is 36.4 Å². The summed E-state index contributed by atoms with van der Waals surface area (Å²) < 4.78 is 0. The van der Waals surface area contributed by atoms with Crippen molar-refractivity contribution in [1.29, 1.82) is 0 Å². The van der Waals surface area contributed by atoms with Gasteiger partial charge in [0.1, 0.15) is 0 Å². The fourth-order valence-electron chi connectivity index (χ4n) is 1.68. The number of benzene rings is 2. The van der Waals surface area contributed by atoms with Gasteiger partial charge in [-0.05, 0) is 23.3 Å². The highest BCUT2D eigenvalue weighted by molar-refractivity contribution is 6.42. The minimum absolute atomic E-state index is 0.00646. The highest BCUT2D eigenvalue weighted by Gasteiger charge is 2.07. The average molecular weight is 291 g/mol. The van der Waals surface area contributed by atoms with E-state index in [0.29, 0.717) is 10.0 Å². The van der Waals surface area contributed by atoms with E-state index < -0.39 is 0 Å². The third-order valence-electron chi connectivity index (χ3n) is 2.66. The van der Waals surface area contributed by atoms with Crippen LogP contribution in [0, 0.1) is 0 Å². The first-order valence-electron chi connectivity index (χ1n) is 5.85. The van der Waals surface area contributed by atoms with E-state index >= 15 is 0 Å². The molecule has 2 aromatic rings. The van der Waals surface area contributed by atoms with Gasteiger partial charge in [-0.15, -0.1) is 0 Å². The molecule has 0 aliphatic carbocycles. The van der Waals surface area contributed by atoms with Gasteiger partial charge in [-0.1, -0.05) is 71.7 Å². The van der Waals surface area contributed by atoms with Crippen LogP contribution in [0.5, 0.6) is 0 Å². The molecule has 2 rings (SSSR count). The Hall–Kier alpha value is -1.57. The molecule has 0 fully saturated rings. The van der Waals surface area contributed by atoms with E-state index in [1.165, 1.54) is 0 Å². The molecule has 0 heterocycles. The second-order valence-corrected chi connectivity index (χ2v) is 4.89. The molecule has 0 unspecified atom stereocenters. The smallest absolute Gasteiger partial charge is 0.160 e. The molecule has 0 atom stereocenters. The molecule has 0 N–H and O–H groups in total. The molecule has 3 heteroatoms. The van der Waals surface area contributed by atoms with E-state index in [-0.39, 0.29) is 12.2 Å². The Morgan fingerprint density at radius 1 is 1.00 bits per heavy atom. The molecule has 96 valence electrons. The zero-order valence-corrected chi connectivity index (χ0v) is 11.7. The Balaban J connectivity index is 2.06. The molecular formula is C16H12Cl2O. The molecule has 2 aromatic carbocycles. The predicted molar refractivity (Wildman–Crippen MR) is 80.6 cm³/mol. The molecule has 0 bridgehead atoms. The first kappa shape index (κ1) is 13.9. The maximum Gasteiger partial charge on any atom is 0.160 e. The Kier molecular flexibility index (Phi) is 4.78. The van der Waals surface area contributed by atoms with Gasteiger partial charge < -0.3 is 0 Å². The number of ketones is 1. The summed E-state index contributed by atoms with van der Waals surface area (Å²) in [6, 6.07) is 15.0. The number of carbonyl (C=O) groups excluding carboxylic acids is 1. The van der Waals surface area contributed by atoms with Crippen LogP contribution in [0.4, 0.5) is 0 Å². The lowest BCUT2D eigenvalue weighted by Gasteiger charge is -2.02. The molecule has 19 heavy (non-hydrogen) atoms. The second kappa shape index (κ2) is 6.55. The fraction of sp³-hybridized carbons (Fsp3) is 0.0625. The van der Waals surface area contributed by atoms with Crippen LogP contribution < -0.4 is 0 Å². The van der Waals surface area contributed by atoms with Crippen LogP contribution in [0.15, 0.2) is 54.6 Å². The number of hydrogen-bond acceptors (Lipinski definition) is 1. The van der Waals surface area contributed by atoms with Crippen LogP contribution in [0.3, 0.4) is 0 Å². The SMILES string of the molecule is O=C(C=Cc1ccccc1)Cc1cccc(Cl)c1Cl. The largest absolute Gasteiger partial charge is 0.294 e. The van der Waals surface area contributed by atoms with E-state index in [1.54, 1.807) is 24.3 Å². The Morgan fingerprint density at radius 3 is 2.47 bits per heavy atom. The average Bonchev–Trinajstić information content (AvgIpc) is 2.43. The van der Waals surface area contributed by atoms with Crippen molar-refractivity contribution in [2.24, 2.45) is 0 Å². The van der Waals surface area contributed by atoms with Crippen molar-refractivity contribution in [2.75, 3.05) is 0 Å². The summed E-state index contributed by atoms with van der Waals surface area (Å²) in [5.74, 6) is -0.00646. The molecule has 1 nitrogen and oxygen atoms in total. The van der Waals surface area contributed by atoms with E-state index in [4.69, 9.17) is 23.2 Å². The maximum absolute atomic E-state index is 11.9. The molecule has 0 aromatic heterocycles. The van der Waals surface area contributed by atoms with Crippen LogP contribution in [-0.2, 0) is 11.2 Å². The highest BCUT2D eigenvalue weighted by Crippen LogP contribution is 2.25. The summed E-state index contributed by atoms with van der Waals surface area (Å²) >= 11 is 12.0. The van der Waals surface area contributed by atoms with Crippen molar-refractivity contribution in [2.45, 2.75) is 6.42 Å². The molecule has 0 saturated heterocycles. The molecule has 0 aliphatic heterocycles. The Morgan fingerprint density at radius 2 is 1.74 bits per heavy atom. The van der Waals surface area contributed by atoms with Crippen molar-refractivity contribution in [3.05, 3.63) is 75.8 Å². The van der Waals surface area contributed by atoms with Crippen LogP contribution >= 0.6 is 23.2 Å². The topological polar surface area (TPSA) is 17.1 Å². The lowest BCUT2D eigenvalue weighted by molar-refractivity contribution is -0.113. The number of allylic oxidation sites excluding steroid dienone is 1. The van der Waals surface area contributed by atoms with Crippen LogP contribution in [0.1, 0.15) is 11.1 Å². The zero-order chi connectivity index (χ0) is 13.7. The first-order valence-corrected chi connectivity index (χ1v) is 6.61. The lowest BCUT2D eigenvalue weighted by Crippen LogP contribution is -1.99. The van der Waals surface area contributed by atoms with Gasteiger partial charge in [-0.3, -0.25) is 4.79 Å². The van der Waals surface area contributed by atoms with Crippen LogP contribution in [0.25, 0.3) is 6.08 Å². The number of rotatable bonds is 4. The molecule has 0 aliphatic rings. The van der Waals surface area contributed by atoms with Crippen molar-refractivity contribution in [3.63, 3.8) is 0 Å². The summed E-state index contributed by atoms with van der Waals surface area (Å²) in [6.07, 6.45) is 3.61. The maximum atomic E-state index is 11.9. The Labute approximate surface area is 122 Å². The monoisotopic (exact) mass is 290 g/mol. The minimum Gasteiger partial charge on any atom is -0.294 e. The van der Waals surface area contributed by atoms with Crippen molar-refractivity contribution in [1.82, 2.24) is 0 Å². The molecule has 0 saturated carbocycles. The number of hydrogen-bond donors (Lipinski definition) is 0. The van der Waals surface area contributed by atoms with Gasteiger partial charge in [-0.2, -0.15) is 0 Å². The molecule has 0 spiro atoms. The highest BCUT2D eigenvalue weighted by atomic mass is 35.5. The second-order valence-electron chi connectivity index (χ2n) is 4.10. The van der Waals surface area contributed by atoms with E-state index in [9.17, 15) is 4.79 Å². The van der Waals surface area contributed by atoms with Gasteiger partial charge in [0.25, 0.3) is 0 Å². The summed E-state index contributed by atoms with van der Waals surface area (Å²) in [5.41, 5.74) is 1.74. The summed E-state index contributed by atoms with van der Waals surface area (Å²) in [4.78, 5) is 11.9. The normalized spacial score (nSPS) is 10.8. The first-order chi connectivity index (χ1) is 9.16. The number of halogens is 2. The quantitative estimate of drug-likeness (QED) is 0.738. The minimum atomic E-state index is -0.00646. The van der Waals surface area contributed by atoms with Crippen molar-refractivity contribution in [3.8, 4) is 0 Å². The summed E-state index contributed by atoms with van der Waals surface area (Å²) in [6.45, 7) is 0. The van der Waals surface area contributed by atoms with Gasteiger partial charge in [0.2, 0.25) is 0 Å². The van der Waals surface area contributed by atoms with E-state index in [2.05, 4.69) is 0 Å². The van der Waals surface area contributed by atoms with Gasteiger partial charge >= 0.3 is 0 Å². The van der Waals surface area contributed by atoms with Gasteiger partial charge in [0, 0.05) is 6.42 Å². The fourth-order valence-corrected chi connectivity index (χ4v) is 2.07. The standard InChI is InChI=1S/C16H12Cl2O/c17-15-8-4-7-13(16(15)18)11-14(19)10-9-12-5-2-1-3-6-12/h1-10H,11H2. The zero-order valence-electron chi connectivity index (χ0n) is 10.1. The van der Waals surface area contributed by atoms with Gasteiger partial charge in [-0.25, -0.2) is 0 Å². The third-order valence-corrected chi connectivity index (χ3v) is 3.52. The number of carbonyl (C=O) groups is 1.